The van der Waals surface area contributed by atoms with Gasteiger partial charge in [0, 0.05) is 16.8 Å². The van der Waals surface area contributed by atoms with Crippen LogP contribution in [0.3, 0.4) is 0 Å². The summed E-state index contributed by atoms with van der Waals surface area (Å²) in [5.74, 6) is -1.44. The van der Waals surface area contributed by atoms with Gasteiger partial charge in [0.2, 0.25) is 0 Å². The Morgan fingerprint density at radius 2 is 1.86 bits per heavy atom. The van der Waals surface area contributed by atoms with Crippen molar-refractivity contribution < 1.29 is 14.7 Å². The maximum atomic E-state index is 12.2. The van der Waals surface area contributed by atoms with E-state index in [1.165, 1.54) is 12.1 Å². The molecule has 2 N–H and O–H groups in total. The monoisotopic (exact) mass is 335 g/mol. The normalized spacial score (nSPS) is 10.6. The van der Waals surface area contributed by atoms with Crippen LogP contribution in [-0.4, -0.2) is 17.0 Å². The molecule has 0 aromatic heterocycles. The minimum absolute atomic E-state index is 0.264. The third-order valence-electron chi connectivity index (χ3n) is 2.74. The molecule has 0 heterocycles. The highest BCUT2D eigenvalue weighted by atomic mass is 35.5. The summed E-state index contributed by atoms with van der Waals surface area (Å²) in [6, 6.07) is 11.4. The van der Waals surface area contributed by atoms with Gasteiger partial charge in [-0.3, -0.25) is 4.79 Å². The van der Waals surface area contributed by atoms with Gasteiger partial charge in [0.15, 0.2) is 0 Å². The van der Waals surface area contributed by atoms with Crippen LogP contribution in [0.4, 0.5) is 5.69 Å². The van der Waals surface area contributed by atoms with Gasteiger partial charge in [-0.15, -0.1) is 0 Å². The Hall–Kier alpha value is -2.30. The fourth-order valence-corrected chi connectivity index (χ4v) is 2.13. The van der Waals surface area contributed by atoms with E-state index in [1.807, 2.05) is 0 Å². The van der Waals surface area contributed by atoms with Crippen molar-refractivity contribution >= 4 is 46.8 Å². The summed E-state index contributed by atoms with van der Waals surface area (Å²) in [7, 11) is 0. The Balaban J connectivity index is 2.20. The quantitative estimate of drug-likeness (QED) is 0.816. The first-order valence-corrected chi connectivity index (χ1v) is 6.99. The van der Waals surface area contributed by atoms with E-state index in [1.54, 1.807) is 36.4 Å². The predicted octanol–water partition coefficient (Wildman–Crippen LogP) is 4.34. The predicted molar refractivity (Wildman–Crippen MR) is 87.5 cm³/mol. The Labute approximate surface area is 137 Å². The van der Waals surface area contributed by atoms with Gasteiger partial charge in [-0.05, 0) is 42.0 Å². The molecule has 0 aliphatic heterocycles. The first-order valence-electron chi connectivity index (χ1n) is 6.23. The second-order valence-electron chi connectivity index (χ2n) is 4.38. The summed E-state index contributed by atoms with van der Waals surface area (Å²) in [6.07, 6.45) is 2.46. The molecule has 0 radical (unpaired) electrons. The van der Waals surface area contributed by atoms with Crippen LogP contribution in [0, 0.1) is 0 Å². The van der Waals surface area contributed by atoms with Crippen molar-refractivity contribution in [2.24, 2.45) is 0 Å². The smallest absolute Gasteiger partial charge is 0.328 e. The minimum atomic E-state index is -1.04. The Morgan fingerprint density at radius 3 is 2.59 bits per heavy atom. The lowest BCUT2D eigenvalue weighted by molar-refractivity contribution is -0.131. The molecule has 0 aliphatic rings. The van der Waals surface area contributed by atoms with Gasteiger partial charge in [-0.25, -0.2) is 4.79 Å². The number of rotatable bonds is 4. The topological polar surface area (TPSA) is 66.4 Å². The number of anilines is 1. The zero-order chi connectivity index (χ0) is 16.1. The van der Waals surface area contributed by atoms with Gasteiger partial charge >= 0.3 is 5.97 Å². The van der Waals surface area contributed by atoms with Crippen LogP contribution < -0.4 is 5.32 Å². The summed E-state index contributed by atoms with van der Waals surface area (Å²) in [5, 5.41) is 12.0. The average Bonchev–Trinajstić information content (AvgIpc) is 2.48. The van der Waals surface area contributed by atoms with E-state index in [2.05, 4.69) is 5.32 Å². The van der Waals surface area contributed by atoms with E-state index in [9.17, 15) is 9.59 Å². The molecule has 2 aromatic rings. The van der Waals surface area contributed by atoms with Crippen molar-refractivity contribution in [2.75, 3.05) is 5.32 Å². The second-order valence-corrected chi connectivity index (χ2v) is 5.22. The number of nitrogens with one attached hydrogen (secondary N) is 1. The van der Waals surface area contributed by atoms with Crippen LogP contribution in [0.25, 0.3) is 6.08 Å². The Morgan fingerprint density at radius 1 is 1.09 bits per heavy atom. The van der Waals surface area contributed by atoms with Crippen LogP contribution in [0.1, 0.15) is 15.9 Å². The molecule has 4 nitrogen and oxygen atoms in total. The van der Waals surface area contributed by atoms with E-state index in [0.29, 0.717) is 21.3 Å². The van der Waals surface area contributed by atoms with E-state index >= 15 is 0 Å². The first kappa shape index (κ1) is 16.1. The van der Waals surface area contributed by atoms with E-state index in [4.69, 9.17) is 28.3 Å². The molecule has 1 amide bonds. The number of carbonyl (C=O) groups is 2. The van der Waals surface area contributed by atoms with Crippen LogP contribution in [-0.2, 0) is 4.79 Å². The standard InChI is InChI=1S/C16H11Cl2NO3/c17-11-5-6-14(18)13(9-11)16(22)19-12-3-1-2-10(8-12)4-7-15(20)21/h1-9H,(H,19,22)(H,20,21)/b7-4+. The lowest BCUT2D eigenvalue weighted by Gasteiger charge is -2.08. The summed E-state index contributed by atoms with van der Waals surface area (Å²) in [4.78, 5) is 22.7. The number of benzene rings is 2. The molecule has 0 aliphatic carbocycles. The third kappa shape index (κ3) is 4.35. The molecule has 0 atom stereocenters. The average molecular weight is 336 g/mol. The number of aliphatic carboxylic acids is 1. The minimum Gasteiger partial charge on any atom is -0.478 e. The Kier molecular flexibility index (Phi) is 5.20. The van der Waals surface area contributed by atoms with Crippen molar-refractivity contribution in [2.45, 2.75) is 0 Å². The third-order valence-corrected chi connectivity index (χ3v) is 3.30. The molecule has 22 heavy (non-hydrogen) atoms. The fraction of sp³-hybridized carbons (Fsp3) is 0. The maximum Gasteiger partial charge on any atom is 0.328 e. The van der Waals surface area contributed by atoms with Crippen molar-refractivity contribution in [3.8, 4) is 0 Å². The number of hydrogen-bond acceptors (Lipinski definition) is 2. The molecule has 0 fully saturated rings. The summed E-state index contributed by atoms with van der Waals surface area (Å²) < 4.78 is 0. The number of carboxylic acids is 1. The molecule has 2 rings (SSSR count). The molecule has 0 saturated carbocycles. The van der Waals surface area contributed by atoms with Crippen molar-refractivity contribution in [3.05, 3.63) is 69.7 Å². The number of carboxylic acid groups (broad SMARTS) is 1. The van der Waals surface area contributed by atoms with Gasteiger partial charge < -0.3 is 10.4 Å². The second kappa shape index (κ2) is 7.11. The lowest BCUT2D eigenvalue weighted by Crippen LogP contribution is -2.12. The molecule has 0 unspecified atom stereocenters. The molecule has 6 heteroatoms. The largest absolute Gasteiger partial charge is 0.478 e. The summed E-state index contributed by atoms with van der Waals surface area (Å²) >= 11 is 11.8. The highest BCUT2D eigenvalue weighted by Crippen LogP contribution is 2.22. The molecule has 0 spiro atoms. The van der Waals surface area contributed by atoms with Crippen molar-refractivity contribution in [1.82, 2.24) is 0 Å². The van der Waals surface area contributed by atoms with E-state index in [-0.39, 0.29) is 5.56 Å². The molecule has 0 bridgehead atoms. The van der Waals surface area contributed by atoms with Gasteiger partial charge in [-0.2, -0.15) is 0 Å². The summed E-state index contributed by atoms with van der Waals surface area (Å²) in [5.41, 5.74) is 1.44. The van der Waals surface area contributed by atoms with Gasteiger partial charge in [0.25, 0.3) is 5.91 Å². The Bertz CT molecular complexity index is 757. The van der Waals surface area contributed by atoms with Crippen LogP contribution in [0.5, 0.6) is 0 Å². The van der Waals surface area contributed by atoms with E-state index < -0.39 is 11.9 Å². The number of hydrogen-bond donors (Lipinski definition) is 2. The van der Waals surface area contributed by atoms with Crippen LogP contribution in [0.15, 0.2) is 48.5 Å². The number of carbonyl (C=O) groups excluding carboxylic acids is 1. The van der Waals surface area contributed by atoms with Crippen LogP contribution >= 0.6 is 23.2 Å². The molecule has 0 saturated heterocycles. The van der Waals surface area contributed by atoms with Crippen molar-refractivity contribution in [3.63, 3.8) is 0 Å². The molecular formula is C16H11Cl2NO3. The van der Waals surface area contributed by atoms with Crippen LogP contribution in [0.2, 0.25) is 10.0 Å². The van der Waals surface area contributed by atoms with Gasteiger partial charge in [0.1, 0.15) is 0 Å². The molecule has 2 aromatic carbocycles. The maximum absolute atomic E-state index is 12.2. The first-order chi connectivity index (χ1) is 10.5. The number of amides is 1. The lowest BCUT2D eigenvalue weighted by atomic mass is 10.1. The van der Waals surface area contributed by atoms with Gasteiger partial charge in [0.05, 0.1) is 10.6 Å². The highest BCUT2D eigenvalue weighted by Gasteiger charge is 2.11. The molecule has 112 valence electrons. The van der Waals surface area contributed by atoms with E-state index in [0.717, 1.165) is 6.08 Å². The number of halogens is 2. The zero-order valence-electron chi connectivity index (χ0n) is 11.2. The fourth-order valence-electron chi connectivity index (χ4n) is 1.76. The summed E-state index contributed by atoms with van der Waals surface area (Å²) in [6.45, 7) is 0. The van der Waals surface area contributed by atoms with Crippen molar-refractivity contribution in [1.29, 1.82) is 0 Å². The zero-order valence-corrected chi connectivity index (χ0v) is 12.7. The molecular weight excluding hydrogens is 325 g/mol. The SMILES string of the molecule is O=C(O)/C=C/c1cccc(NC(=O)c2cc(Cl)ccc2Cl)c1. The van der Waals surface area contributed by atoms with Gasteiger partial charge in [-0.1, -0.05) is 35.3 Å². The highest BCUT2D eigenvalue weighted by molar-refractivity contribution is 6.36.